The zero-order chi connectivity index (χ0) is 12.0. The lowest BCUT2D eigenvalue weighted by Gasteiger charge is -2.14. The molecule has 0 saturated heterocycles. The molecular weight excluding hydrogens is 220 g/mol. The van der Waals surface area contributed by atoms with E-state index in [1.165, 1.54) is 12.7 Å². The Morgan fingerprint density at radius 2 is 2.00 bits per heavy atom. The normalized spacial score (nSPS) is 14.2. The van der Waals surface area contributed by atoms with Crippen LogP contribution in [0.2, 0.25) is 0 Å². The van der Waals surface area contributed by atoms with E-state index in [4.69, 9.17) is 4.74 Å². The first kappa shape index (κ1) is 13.1. The number of benzene rings is 1. The van der Waals surface area contributed by atoms with Crippen molar-refractivity contribution in [2.75, 3.05) is 7.11 Å². The van der Waals surface area contributed by atoms with Gasteiger partial charge in [-0.3, -0.25) is 4.79 Å². The maximum absolute atomic E-state index is 11.2. The SMILES string of the molecule is COC(=O)C(C)CC(S)Cc1ccccc1. The van der Waals surface area contributed by atoms with Crippen LogP contribution < -0.4 is 0 Å². The van der Waals surface area contributed by atoms with Crippen molar-refractivity contribution >= 4 is 18.6 Å². The summed E-state index contributed by atoms with van der Waals surface area (Å²) in [5.41, 5.74) is 1.25. The Hall–Kier alpha value is -0.960. The summed E-state index contributed by atoms with van der Waals surface area (Å²) >= 11 is 4.51. The Bertz CT molecular complexity index is 324. The van der Waals surface area contributed by atoms with E-state index in [1.807, 2.05) is 25.1 Å². The number of thiol groups is 1. The monoisotopic (exact) mass is 238 g/mol. The summed E-state index contributed by atoms with van der Waals surface area (Å²) in [6.07, 6.45) is 1.62. The minimum atomic E-state index is -0.160. The van der Waals surface area contributed by atoms with E-state index in [9.17, 15) is 4.79 Å². The highest BCUT2D eigenvalue weighted by Crippen LogP contribution is 2.16. The minimum Gasteiger partial charge on any atom is -0.469 e. The summed E-state index contributed by atoms with van der Waals surface area (Å²) in [6.45, 7) is 1.88. The molecule has 2 nitrogen and oxygen atoms in total. The van der Waals surface area contributed by atoms with Gasteiger partial charge in [-0.05, 0) is 18.4 Å². The van der Waals surface area contributed by atoms with Crippen LogP contribution in [0.4, 0.5) is 0 Å². The Balaban J connectivity index is 2.42. The van der Waals surface area contributed by atoms with Crippen molar-refractivity contribution in [2.45, 2.75) is 25.0 Å². The summed E-state index contributed by atoms with van der Waals surface area (Å²) in [5, 5.41) is 0.191. The van der Waals surface area contributed by atoms with Crippen LogP contribution in [0.5, 0.6) is 0 Å². The molecule has 0 aromatic heterocycles. The van der Waals surface area contributed by atoms with E-state index in [-0.39, 0.29) is 17.1 Å². The molecule has 0 aliphatic heterocycles. The third-order valence-electron chi connectivity index (χ3n) is 2.54. The van der Waals surface area contributed by atoms with Crippen molar-refractivity contribution in [2.24, 2.45) is 5.92 Å². The summed E-state index contributed by atoms with van der Waals surface area (Å²) in [7, 11) is 1.42. The number of hydrogen-bond donors (Lipinski definition) is 1. The molecule has 1 aromatic rings. The molecule has 2 atom stereocenters. The van der Waals surface area contributed by atoms with Crippen molar-refractivity contribution in [1.82, 2.24) is 0 Å². The topological polar surface area (TPSA) is 26.3 Å². The van der Waals surface area contributed by atoms with E-state index in [0.717, 1.165) is 12.8 Å². The molecule has 0 bridgehead atoms. The molecule has 0 fully saturated rings. The van der Waals surface area contributed by atoms with Gasteiger partial charge in [0.15, 0.2) is 0 Å². The highest BCUT2D eigenvalue weighted by molar-refractivity contribution is 7.80. The molecule has 1 rings (SSSR count). The Labute approximate surface area is 102 Å². The molecule has 2 unspecified atom stereocenters. The number of esters is 1. The Morgan fingerprint density at radius 3 is 2.56 bits per heavy atom. The molecule has 0 radical (unpaired) electrons. The largest absolute Gasteiger partial charge is 0.469 e. The molecule has 3 heteroatoms. The zero-order valence-electron chi connectivity index (χ0n) is 9.72. The van der Waals surface area contributed by atoms with Crippen molar-refractivity contribution in [3.05, 3.63) is 35.9 Å². The van der Waals surface area contributed by atoms with E-state index >= 15 is 0 Å². The first-order valence-corrected chi connectivity index (χ1v) is 5.95. The standard InChI is InChI=1S/C13H18O2S/c1-10(13(14)15-2)8-12(16)9-11-6-4-3-5-7-11/h3-7,10,12,16H,8-9H2,1-2H3. The zero-order valence-corrected chi connectivity index (χ0v) is 10.6. The Kier molecular flexibility index (Phi) is 5.39. The summed E-state index contributed by atoms with van der Waals surface area (Å²) < 4.78 is 4.69. The minimum absolute atomic E-state index is 0.0868. The van der Waals surface area contributed by atoms with Crippen LogP contribution in [0, 0.1) is 5.92 Å². The number of hydrogen-bond acceptors (Lipinski definition) is 3. The second-order valence-corrected chi connectivity index (χ2v) is 4.73. The van der Waals surface area contributed by atoms with Crippen molar-refractivity contribution in [1.29, 1.82) is 0 Å². The van der Waals surface area contributed by atoms with Gasteiger partial charge in [0, 0.05) is 5.25 Å². The fourth-order valence-corrected chi connectivity index (χ4v) is 2.20. The van der Waals surface area contributed by atoms with Crippen LogP contribution in [0.25, 0.3) is 0 Å². The number of methoxy groups -OCH3 is 1. The van der Waals surface area contributed by atoms with Gasteiger partial charge in [0.1, 0.15) is 0 Å². The molecule has 0 amide bonds. The molecular formula is C13H18O2S. The maximum Gasteiger partial charge on any atom is 0.308 e. The number of ether oxygens (including phenoxy) is 1. The van der Waals surface area contributed by atoms with Crippen LogP contribution >= 0.6 is 12.6 Å². The van der Waals surface area contributed by atoms with Crippen LogP contribution in [0.3, 0.4) is 0 Å². The average molecular weight is 238 g/mol. The number of carbonyl (C=O) groups is 1. The molecule has 0 aliphatic carbocycles. The Morgan fingerprint density at radius 1 is 1.38 bits per heavy atom. The molecule has 0 N–H and O–H groups in total. The summed E-state index contributed by atoms with van der Waals surface area (Å²) in [6, 6.07) is 10.2. The highest BCUT2D eigenvalue weighted by Gasteiger charge is 2.17. The lowest BCUT2D eigenvalue weighted by atomic mass is 10.0. The van der Waals surface area contributed by atoms with Gasteiger partial charge < -0.3 is 4.74 Å². The third kappa shape index (κ3) is 4.27. The molecule has 88 valence electrons. The fourth-order valence-electron chi connectivity index (χ4n) is 1.68. The summed E-state index contributed by atoms with van der Waals surface area (Å²) in [4.78, 5) is 11.2. The second-order valence-electron chi connectivity index (χ2n) is 4.00. The van der Waals surface area contributed by atoms with Crippen molar-refractivity contribution in [3.63, 3.8) is 0 Å². The molecule has 1 aromatic carbocycles. The van der Waals surface area contributed by atoms with Crippen molar-refractivity contribution in [3.8, 4) is 0 Å². The van der Waals surface area contributed by atoms with E-state index in [2.05, 4.69) is 24.8 Å². The maximum atomic E-state index is 11.2. The van der Waals surface area contributed by atoms with Gasteiger partial charge in [0.25, 0.3) is 0 Å². The lowest BCUT2D eigenvalue weighted by molar-refractivity contribution is -0.145. The first-order chi connectivity index (χ1) is 7.63. The lowest BCUT2D eigenvalue weighted by Crippen LogP contribution is -2.18. The van der Waals surface area contributed by atoms with Gasteiger partial charge >= 0.3 is 5.97 Å². The van der Waals surface area contributed by atoms with Gasteiger partial charge in [-0.1, -0.05) is 37.3 Å². The molecule has 0 saturated carbocycles. The van der Waals surface area contributed by atoms with Gasteiger partial charge in [-0.25, -0.2) is 0 Å². The van der Waals surface area contributed by atoms with Gasteiger partial charge in [0.05, 0.1) is 13.0 Å². The molecule has 0 heterocycles. The highest BCUT2D eigenvalue weighted by atomic mass is 32.1. The quantitative estimate of drug-likeness (QED) is 0.630. The van der Waals surface area contributed by atoms with Crippen LogP contribution in [-0.4, -0.2) is 18.3 Å². The molecule has 0 spiro atoms. The smallest absolute Gasteiger partial charge is 0.308 e. The van der Waals surface area contributed by atoms with E-state index in [1.54, 1.807) is 0 Å². The van der Waals surface area contributed by atoms with Gasteiger partial charge in [-0.15, -0.1) is 0 Å². The fraction of sp³-hybridized carbons (Fsp3) is 0.462. The van der Waals surface area contributed by atoms with E-state index < -0.39 is 0 Å². The molecule has 16 heavy (non-hydrogen) atoms. The average Bonchev–Trinajstić information content (AvgIpc) is 2.29. The third-order valence-corrected chi connectivity index (χ3v) is 2.94. The predicted octanol–water partition coefficient (Wildman–Crippen LogP) is 2.73. The predicted molar refractivity (Wildman–Crippen MR) is 68.7 cm³/mol. The number of rotatable bonds is 5. The number of carbonyl (C=O) groups excluding carboxylic acids is 1. The van der Waals surface area contributed by atoms with Crippen LogP contribution in [0.1, 0.15) is 18.9 Å². The second kappa shape index (κ2) is 6.59. The van der Waals surface area contributed by atoms with Gasteiger partial charge in [0.2, 0.25) is 0 Å². The first-order valence-electron chi connectivity index (χ1n) is 5.43. The van der Waals surface area contributed by atoms with Crippen LogP contribution in [0.15, 0.2) is 30.3 Å². The van der Waals surface area contributed by atoms with Crippen LogP contribution in [-0.2, 0) is 16.0 Å². The van der Waals surface area contributed by atoms with E-state index in [0.29, 0.717) is 0 Å². The summed E-state index contributed by atoms with van der Waals surface area (Å²) in [5.74, 6) is -0.247. The van der Waals surface area contributed by atoms with Crippen molar-refractivity contribution < 1.29 is 9.53 Å². The van der Waals surface area contributed by atoms with Gasteiger partial charge in [-0.2, -0.15) is 12.6 Å². The molecule has 0 aliphatic rings.